The van der Waals surface area contributed by atoms with Crippen LogP contribution in [-0.2, 0) is 4.79 Å². The number of hydrogen-bond donors (Lipinski definition) is 1. The molecule has 3 heteroatoms. The number of benzene rings is 1. The van der Waals surface area contributed by atoms with E-state index in [9.17, 15) is 4.79 Å². The largest absolute Gasteiger partial charge is 0.345 e. The van der Waals surface area contributed by atoms with E-state index in [-0.39, 0.29) is 11.8 Å². The Balaban J connectivity index is 2.74. The topological polar surface area (TPSA) is 46.3 Å². The molecule has 0 radical (unpaired) electrons. The Hall–Kier alpha value is -1.35. The molecule has 0 saturated carbocycles. The summed E-state index contributed by atoms with van der Waals surface area (Å²) in [5.41, 5.74) is 6.76. The second kappa shape index (κ2) is 7.17. The van der Waals surface area contributed by atoms with E-state index in [2.05, 4.69) is 13.8 Å². The van der Waals surface area contributed by atoms with E-state index in [0.29, 0.717) is 12.5 Å². The highest BCUT2D eigenvalue weighted by Gasteiger charge is 2.22. The fourth-order valence-electron chi connectivity index (χ4n) is 2.02. The molecule has 0 saturated heterocycles. The van der Waals surface area contributed by atoms with Crippen LogP contribution in [0.2, 0.25) is 0 Å². The molecule has 1 rings (SSSR count). The predicted octanol–water partition coefficient (Wildman–Crippen LogP) is 2.23. The molecule has 2 unspecified atom stereocenters. The first-order chi connectivity index (χ1) is 8.60. The van der Waals surface area contributed by atoms with E-state index >= 15 is 0 Å². The standard InChI is InChI=1S/C15H24N2O/c1-4-12(2)11-17(3)15(18)14(10-16)13-8-6-5-7-9-13/h5-9,12,14H,4,10-11,16H2,1-3H3. The van der Waals surface area contributed by atoms with Gasteiger partial charge >= 0.3 is 0 Å². The average Bonchev–Trinajstić information content (AvgIpc) is 2.40. The summed E-state index contributed by atoms with van der Waals surface area (Å²) in [6.07, 6.45) is 1.08. The Bertz CT molecular complexity index is 364. The van der Waals surface area contributed by atoms with Gasteiger partial charge in [0.05, 0.1) is 5.92 Å². The summed E-state index contributed by atoms with van der Waals surface area (Å²) >= 11 is 0. The molecule has 18 heavy (non-hydrogen) atoms. The number of carbonyl (C=O) groups excluding carboxylic acids is 1. The van der Waals surface area contributed by atoms with Crippen LogP contribution < -0.4 is 5.73 Å². The number of carbonyl (C=O) groups is 1. The van der Waals surface area contributed by atoms with Crippen molar-refractivity contribution in [1.82, 2.24) is 4.90 Å². The van der Waals surface area contributed by atoms with E-state index < -0.39 is 0 Å². The molecule has 0 fully saturated rings. The van der Waals surface area contributed by atoms with E-state index in [0.717, 1.165) is 18.5 Å². The van der Waals surface area contributed by atoms with Crippen molar-refractivity contribution in [3.05, 3.63) is 35.9 Å². The van der Waals surface area contributed by atoms with Gasteiger partial charge in [-0.25, -0.2) is 0 Å². The summed E-state index contributed by atoms with van der Waals surface area (Å²) in [5.74, 6) is 0.414. The molecule has 1 aromatic rings. The van der Waals surface area contributed by atoms with Gasteiger partial charge in [-0.15, -0.1) is 0 Å². The molecule has 100 valence electrons. The average molecular weight is 248 g/mol. The lowest BCUT2D eigenvalue weighted by atomic mass is 9.97. The minimum atomic E-state index is -0.222. The van der Waals surface area contributed by atoms with Gasteiger partial charge in [0.1, 0.15) is 0 Å². The summed E-state index contributed by atoms with van der Waals surface area (Å²) in [6.45, 7) is 5.44. The molecular weight excluding hydrogens is 224 g/mol. The van der Waals surface area contributed by atoms with Crippen molar-refractivity contribution >= 4 is 5.91 Å². The van der Waals surface area contributed by atoms with Gasteiger partial charge < -0.3 is 10.6 Å². The Morgan fingerprint density at radius 1 is 1.33 bits per heavy atom. The Kier molecular flexibility index (Phi) is 5.86. The highest BCUT2D eigenvalue weighted by molar-refractivity contribution is 5.83. The fourth-order valence-corrected chi connectivity index (χ4v) is 2.02. The lowest BCUT2D eigenvalue weighted by Crippen LogP contribution is -2.37. The molecule has 2 N–H and O–H groups in total. The first-order valence-electron chi connectivity index (χ1n) is 6.60. The third-order valence-electron chi connectivity index (χ3n) is 3.39. The maximum Gasteiger partial charge on any atom is 0.231 e. The molecule has 1 amide bonds. The minimum Gasteiger partial charge on any atom is -0.345 e. The van der Waals surface area contributed by atoms with Crippen molar-refractivity contribution in [3.63, 3.8) is 0 Å². The minimum absolute atomic E-state index is 0.115. The van der Waals surface area contributed by atoms with E-state index in [1.165, 1.54) is 0 Å². The summed E-state index contributed by atoms with van der Waals surface area (Å²) in [7, 11) is 1.86. The van der Waals surface area contributed by atoms with Gasteiger partial charge in [0.25, 0.3) is 0 Å². The van der Waals surface area contributed by atoms with Crippen molar-refractivity contribution in [2.75, 3.05) is 20.1 Å². The number of amides is 1. The van der Waals surface area contributed by atoms with Crippen molar-refractivity contribution in [3.8, 4) is 0 Å². The van der Waals surface area contributed by atoms with Crippen LogP contribution in [0.25, 0.3) is 0 Å². The third kappa shape index (κ3) is 3.84. The molecule has 1 aromatic carbocycles. The number of rotatable bonds is 6. The van der Waals surface area contributed by atoms with Gasteiger partial charge in [-0.05, 0) is 11.5 Å². The zero-order valence-corrected chi connectivity index (χ0v) is 11.6. The Labute approximate surface area is 110 Å². The van der Waals surface area contributed by atoms with Crippen LogP contribution in [0, 0.1) is 5.92 Å². The van der Waals surface area contributed by atoms with Crippen LogP contribution in [0.4, 0.5) is 0 Å². The molecule has 0 bridgehead atoms. The predicted molar refractivity (Wildman–Crippen MR) is 75.3 cm³/mol. The maximum absolute atomic E-state index is 12.4. The Morgan fingerprint density at radius 2 is 1.94 bits per heavy atom. The molecule has 0 spiro atoms. The molecule has 0 aliphatic rings. The third-order valence-corrected chi connectivity index (χ3v) is 3.39. The molecule has 0 aliphatic heterocycles. The molecule has 0 aromatic heterocycles. The van der Waals surface area contributed by atoms with Crippen LogP contribution in [0.3, 0.4) is 0 Å². The van der Waals surface area contributed by atoms with Gasteiger partial charge in [0.2, 0.25) is 5.91 Å². The van der Waals surface area contributed by atoms with Gasteiger partial charge in [-0.3, -0.25) is 4.79 Å². The first kappa shape index (κ1) is 14.7. The number of hydrogen-bond acceptors (Lipinski definition) is 2. The van der Waals surface area contributed by atoms with Gasteiger partial charge in [-0.1, -0.05) is 50.6 Å². The summed E-state index contributed by atoms with van der Waals surface area (Å²) in [4.78, 5) is 14.2. The van der Waals surface area contributed by atoms with E-state index in [1.54, 1.807) is 4.90 Å². The van der Waals surface area contributed by atoms with Gasteiger partial charge in [0, 0.05) is 20.1 Å². The van der Waals surface area contributed by atoms with Crippen molar-refractivity contribution in [2.45, 2.75) is 26.2 Å². The first-order valence-corrected chi connectivity index (χ1v) is 6.60. The second-order valence-electron chi connectivity index (χ2n) is 4.93. The SMILES string of the molecule is CCC(C)CN(C)C(=O)C(CN)c1ccccc1. The fraction of sp³-hybridized carbons (Fsp3) is 0.533. The Morgan fingerprint density at radius 3 is 2.44 bits per heavy atom. The van der Waals surface area contributed by atoms with Crippen LogP contribution in [0.5, 0.6) is 0 Å². The van der Waals surface area contributed by atoms with Gasteiger partial charge in [-0.2, -0.15) is 0 Å². The summed E-state index contributed by atoms with van der Waals surface area (Å²) in [5, 5.41) is 0. The quantitative estimate of drug-likeness (QED) is 0.839. The highest BCUT2D eigenvalue weighted by Crippen LogP contribution is 2.17. The van der Waals surface area contributed by atoms with Gasteiger partial charge in [0.15, 0.2) is 0 Å². The lowest BCUT2D eigenvalue weighted by Gasteiger charge is -2.25. The normalized spacial score (nSPS) is 14.0. The number of likely N-dealkylation sites (N-methyl/N-ethyl adjacent to an activating group) is 1. The van der Waals surface area contributed by atoms with Crippen LogP contribution in [0.1, 0.15) is 31.7 Å². The highest BCUT2D eigenvalue weighted by atomic mass is 16.2. The monoisotopic (exact) mass is 248 g/mol. The van der Waals surface area contributed by atoms with Crippen LogP contribution in [0.15, 0.2) is 30.3 Å². The molecule has 0 heterocycles. The zero-order valence-electron chi connectivity index (χ0n) is 11.6. The van der Waals surface area contributed by atoms with Crippen molar-refractivity contribution < 1.29 is 4.79 Å². The second-order valence-corrected chi connectivity index (χ2v) is 4.93. The maximum atomic E-state index is 12.4. The molecule has 2 atom stereocenters. The smallest absolute Gasteiger partial charge is 0.231 e. The summed E-state index contributed by atoms with van der Waals surface area (Å²) in [6, 6.07) is 9.77. The number of nitrogens with two attached hydrogens (primary N) is 1. The molecule has 3 nitrogen and oxygen atoms in total. The molecule has 0 aliphatic carbocycles. The van der Waals surface area contributed by atoms with E-state index in [4.69, 9.17) is 5.73 Å². The lowest BCUT2D eigenvalue weighted by molar-refractivity contribution is -0.131. The van der Waals surface area contributed by atoms with Crippen molar-refractivity contribution in [2.24, 2.45) is 11.7 Å². The van der Waals surface area contributed by atoms with Crippen LogP contribution in [-0.4, -0.2) is 30.9 Å². The van der Waals surface area contributed by atoms with Crippen molar-refractivity contribution in [1.29, 1.82) is 0 Å². The molecular formula is C15H24N2O. The summed E-state index contributed by atoms with van der Waals surface area (Å²) < 4.78 is 0. The zero-order chi connectivity index (χ0) is 13.5. The van der Waals surface area contributed by atoms with E-state index in [1.807, 2.05) is 37.4 Å². The van der Waals surface area contributed by atoms with Crippen LogP contribution >= 0.6 is 0 Å². The number of nitrogens with zero attached hydrogens (tertiary/aromatic N) is 1.